The number of carboxylic acids is 1. The fourth-order valence-corrected chi connectivity index (χ4v) is 3.36. The van der Waals surface area contributed by atoms with Crippen molar-refractivity contribution < 1.29 is 14.7 Å². The van der Waals surface area contributed by atoms with Crippen molar-refractivity contribution >= 4 is 34.3 Å². The van der Waals surface area contributed by atoms with Crippen LogP contribution < -0.4 is 10.6 Å². The van der Waals surface area contributed by atoms with Gasteiger partial charge >= 0.3 is 5.97 Å². The summed E-state index contributed by atoms with van der Waals surface area (Å²) in [6.45, 7) is 2.50. The van der Waals surface area contributed by atoms with E-state index < -0.39 is 5.97 Å². The van der Waals surface area contributed by atoms with Crippen LogP contribution in [0.3, 0.4) is 0 Å². The molecule has 0 aliphatic heterocycles. The van der Waals surface area contributed by atoms with E-state index in [9.17, 15) is 14.7 Å². The maximum atomic E-state index is 12.3. The summed E-state index contributed by atoms with van der Waals surface area (Å²) in [5.41, 5.74) is 2.24. The topological polar surface area (TPSA) is 104 Å². The smallest absolute Gasteiger partial charge is 0.337 e. The average Bonchev–Trinajstić information content (AvgIpc) is 2.82. The third-order valence-electron chi connectivity index (χ3n) is 5.00. The highest BCUT2D eigenvalue weighted by molar-refractivity contribution is 6.00. The molecule has 0 saturated heterocycles. The van der Waals surface area contributed by atoms with E-state index in [0.717, 1.165) is 22.8 Å². The molecule has 0 fully saturated rings. The maximum absolute atomic E-state index is 12.3. The molecule has 3 N–H and O–H groups in total. The first-order valence-corrected chi connectivity index (χ1v) is 10.3. The van der Waals surface area contributed by atoms with Gasteiger partial charge in [0.1, 0.15) is 0 Å². The second-order valence-corrected chi connectivity index (χ2v) is 7.27. The van der Waals surface area contributed by atoms with Crippen LogP contribution in [0.5, 0.6) is 0 Å². The Morgan fingerprint density at radius 3 is 2.56 bits per heavy atom. The molecule has 1 amide bonds. The molecule has 3 aromatic carbocycles. The zero-order chi connectivity index (χ0) is 22.5. The third-order valence-corrected chi connectivity index (χ3v) is 5.00. The van der Waals surface area contributed by atoms with Crippen LogP contribution in [0.25, 0.3) is 22.0 Å². The van der Waals surface area contributed by atoms with Crippen LogP contribution in [0.1, 0.15) is 34.1 Å². The van der Waals surface area contributed by atoms with Crippen LogP contribution in [-0.4, -0.2) is 33.5 Å². The van der Waals surface area contributed by atoms with Gasteiger partial charge in [-0.1, -0.05) is 43.3 Å². The molecule has 0 radical (unpaired) electrons. The third kappa shape index (κ3) is 4.57. The van der Waals surface area contributed by atoms with Gasteiger partial charge < -0.3 is 15.7 Å². The highest BCUT2D eigenvalue weighted by Gasteiger charge is 2.15. The molecule has 1 heterocycles. The number of fused-ring (bicyclic) bond motifs is 1. The highest BCUT2D eigenvalue weighted by atomic mass is 16.4. The van der Waals surface area contributed by atoms with Gasteiger partial charge in [-0.25, -0.2) is 14.8 Å². The summed E-state index contributed by atoms with van der Waals surface area (Å²) in [5.74, 6) is -1.14. The molecule has 0 aliphatic rings. The van der Waals surface area contributed by atoms with Crippen LogP contribution in [0.2, 0.25) is 0 Å². The highest BCUT2D eigenvalue weighted by Crippen LogP contribution is 2.25. The second kappa shape index (κ2) is 9.26. The van der Waals surface area contributed by atoms with Crippen molar-refractivity contribution in [1.82, 2.24) is 15.3 Å². The summed E-state index contributed by atoms with van der Waals surface area (Å²) >= 11 is 0. The molecular formula is C25H22N4O3. The summed E-state index contributed by atoms with van der Waals surface area (Å²) in [6.07, 6.45) is 2.41. The fourth-order valence-electron chi connectivity index (χ4n) is 3.36. The molecule has 32 heavy (non-hydrogen) atoms. The van der Waals surface area contributed by atoms with E-state index in [0.29, 0.717) is 17.8 Å². The fraction of sp³-hybridized carbons (Fsp3) is 0.120. The van der Waals surface area contributed by atoms with Crippen LogP contribution >= 0.6 is 0 Å². The number of carboxylic acid groups (broad SMARTS) is 1. The number of amides is 1. The van der Waals surface area contributed by atoms with Gasteiger partial charge in [-0.05, 0) is 47.5 Å². The number of carbonyl (C=O) groups is 2. The number of anilines is 2. The second-order valence-electron chi connectivity index (χ2n) is 7.27. The Morgan fingerprint density at radius 1 is 0.969 bits per heavy atom. The van der Waals surface area contributed by atoms with E-state index in [-0.39, 0.29) is 23.1 Å². The quantitative estimate of drug-likeness (QED) is 0.389. The number of benzene rings is 3. The number of aromatic carboxylic acids is 1. The summed E-state index contributed by atoms with van der Waals surface area (Å²) in [5, 5.41) is 17.6. The standard InChI is InChI=1S/C25H22N4O3/c1-2-12-26-23(30)19-9-10-20(24(31)32)22(15-19)29-25-27-13-11-21(28-25)18-8-7-16-5-3-4-6-17(16)14-18/h3-11,13-15H,2,12H2,1H3,(H,26,30)(H,31,32)(H,27,28,29). The molecule has 0 saturated carbocycles. The molecular weight excluding hydrogens is 404 g/mol. The summed E-state index contributed by atoms with van der Waals surface area (Å²) in [4.78, 5) is 32.8. The number of aromatic nitrogens is 2. The van der Waals surface area contributed by atoms with Gasteiger partial charge in [0.15, 0.2) is 0 Å². The number of rotatable bonds is 7. The van der Waals surface area contributed by atoms with Crippen LogP contribution in [0.4, 0.5) is 11.6 Å². The molecule has 4 aromatic rings. The number of nitrogens with zero attached hydrogens (tertiary/aromatic N) is 2. The van der Waals surface area contributed by atoms with Gasteiger partial charge in [0.05, 0.1) is 16.9 Å². The lowest BCUT2D eigenvalue weighted by molar-refractivity contribution is 0.0697. The van der Waals surface area contributed by atoms with Crippen molar-refractivity contribution in [2.45, 2.75) is 13.3 Å². The molecule has 0 unspecified atom stereocenters. The molecule has 0 bridgehead atoms. The molecule has 7 nitrogen and oxygen atoms in total. The summed E-state index contributed by atoms with van der Waals surface area (Å²) in [6, 6.07) is 20.3. The largest absolute Gasteiger partial charge is 0.478 e. The number of carbonyl (C=O) groups excluding carboxylic acids is 1. The van der Waals surface area contributed by atoms with Gasteiger partial charge in [0.2, 0.25) is 5.95 Å². The molecule has 7 heteroatoms. The molecule has 4 rings (SSSR count). The minimum absolute atomic E-state index is 0.0248. The lowest BCUT2D eigenvalue weighted by Gasteiger charge is -2.12. The minimum Gasteiger partial charge on any atom is -0.478 e. The van der Waals surface area contributed by atoms with Crippen molar-refractivity contribution in [3.8, 4) is 11.3 Å². The first kappa shape index (κ1) is 21.0. The van der Waals surface area contributed by atoms with Gasteiger partial charge in [-0.15, -0.1) is 0 Å². The molecule has 0 atom stereocenters. The monoisotopic (exact) mass is 426 g/mol. The Labute approximate surface area is 185 Å². The van der Waals surface area contributed by atoms with E-state index in [2.05, 4.69) is 20.6 Å². The van der Waals surface area contributed by atoms with Gasteiger partial charge in [0, 0.05) is 23.9 Å². The minimum atomic E-state index is -1.11. The first-order valence-electron chi connectivity index (χ1n) is 10.3. The Morgan fingerprint density at radius 2 is 1.78 bits per heavy atom. The zero-order valence-corrected chi connectivity index (χ0v) is 17.5. The molecule has 0 aliphatic carbocycles. The van der Waals surface area contributed by atoms with E-state index in [1.807, 2.05) is 49.4 Å². The van der Waals surface area contributed by atoms with Gasteiger partial charge in [-0.3, -0.25) is 4.79 Å². The SMILES string of the molecule is CCCNC(=O)c1ccc(C(=O)O)c(Nc2nccc(-c3ccc4ccccc4c3)n2)c1. The number of nitrogens with one attached hydrogen (secondary N) is 2. The van der Waals surface area contributed by atoms with Crippen molar-refractivity contribution in [2.24, 2.45) is 0 Å². The van der Waals surface area contributed by atoms with Crippen molar-refractivity contribution in [3.63, 3.8) is 0 Å². The average molecular weight is 426 g/mol. The predicted molar refractivity (Wildman–Crippen MR) is 124 cm³/mol. The Hall–Kier alpha value is -4.26. The van der Waals surface area contributed by atoms with Crippen molar-refractivity contribution in [2.75, 3.05) is 11.9 Å². The van der Waals surface area contributed by atoms with Gasteiger partial charge in [-0.2, -0.15) is 0 Å². The van der Waals surface area contributed by atoms with Crippen molar-refractivity contribution in [3.05, 3.63) is 84.1 Å². The first-order chi connectivity index (χ1) is 15.5. The van der Waals surface area contributed by atoms with Gasteiger partial charge in [0.25, 0.3) is 5.91 Å². The van der Waals surface area contributed by atoms with Crippen molar-refractivity contribution in [1.29, 1.82) is 0 Å². The van der Waals surface area contributed by atoms with Crippen LogP contribution in [0.15, 0.2) is 72.9 Å². The van der Waals surface area contributed by atoms with Crippen LogP contribution in [-0.2, 0) is 0 Å². The zero-order valence-electron chi connectivity index (χ0n) is 17.5. The normalized spacial score (nSPS) is 10.7. The van der Waals surface area contributed by atoms with E-state index in [1.165, 1.54) is 18.2 Å². The Bertz CT molecular complexity index is 1300. The predicted octanol–water partition coefficient (Wildman–Crippen LogP) is 4.88. The summed E-state index contributed by atoms with van der Waals surface area (Å²) < 4.78 is 0. The van der Waals surface area contributed by atoms with E-state index in [4.69, 9.17) is 0 Å². The lowest BCUT2D eigenvalue weighted by Crippen LogP contribution is -2.24. The van der Waals surface area contributed by atoms with E-state index in [1.54, 1.807) is 12.3 Å². The lowest BCUT2D eigenvalue weighted by atomic mass is 10.1. The summed E-state index contributed by atoms with van der Waals surface area (Å²) in [7, 11) is 0. The Kier molecular flexibility index (Phi) is 6.07. The maximum Gasteiger partial charge on any atom is 0.337 e. The Balaban J connectivity index is 1.66. The molecule has 160 valence electrons. The van der Waals surface area contributed by atoms with Crippen LogP contribution in [0, 0.1) is 0 Å². The molecule has 0 spiro atoms. The molecule has 1 aromatic heterocycles. The number of hydrogen-bond donors (Lipinski definition) is 3. The number of hydrogen-bond acceptors (Lipinski definition) is 5. The van der Waals surface area contributed by atoms with E-state index >= 15 is 0 Å².